The SMILES string of the molecule is CCCNC(N)=NCc1ccc(COCc2ccccc2)cc1. The maximum atomic E-state index is 5.78. The number of rotatable bonds is 8. The minimum atomic E-state index is 0.502. The molecule has 2 aromatic carbocycles. The molecule has 0 saturated heterocycles. The third-order valence-corrected chi connectivity index (χ3v) is 3.39. The zero-order valence-corrected chi connectivity index (χ0v) is 13.7. The van der Waals surface area contributed by atoms with Gasteiger partial charge in [0.05, 0.1) is 19.8 Å². The number of ether oxygens (including phenoxy) is 1. The Morgan fingerprint density at radius 2 is 1.57 bits per heavy atom. The summed E-state index contributed by atoms with van der Waals surface area (Å²) in [5.74, 6) is 0.502. The Balaban J connectivity index is 1.76. The monoisotopic (exact) mass is 311 g/mol. The van der Waals surface area contributed by atoms with E-state index in [0.717, 1.165) is 24.1 Å². The molecular weight excluding hydrogens is 286 g/mol. The summed E-state index contributed by atoms with van der Waals surface area (Å²) >= 11 is 0. The van der Waals surface area contributed by atoms with Crippen molar-refractivity contribution in [3.05, 3.63) is 71.3 Å². The lowest BCUT2D eigenvalue weighted by molar-refractivity contribution is 0.107. The van der Waals surface area contributed by atoms with Crippen molar-refractivity contribution < 1.29 is 4.74 Å². The minimum Gasteiger partial charge on any atom is -0.372 e. The van der Waals surface area contributed by atoms with Gasteiger partial charge in [-0.25, -0.2) is 4.99 Å². The lowest BCUT2D eigenvalue weighted by atomic mass is 10.1. The van der Waals surface area contributed by atoms with Crippen LogP contribution in [-0.4, -0.2) is 12.5 Å². The predicted octanol–water partition coefficient (Wildman–Crippen LogP) is 3.22. The number of hydrogen-bond donors (Lipinski definition) is 2. The minimum absolute atomic E-state index is 0.502. The highest BCUT2D eigenvalue weighted by Crippen LogP contribution is 2.09. The van der Waals surface area contributed by atoms with Crippen molar-refractivity contribution in [2.24, 2.45) is 10.7 Å². The molecule has 3 N–H and O–H groups in total. The largest absolute Gasteiger partial charge is 0.372 e. The van der Waals surface area contributed by atoms with Gasteiger partial charge in [0.15, 0.2) is 5.96 Å². The molecule has 4 nitrogen and oxygen atoms in total. The van der Waals surface area contributed by atoms with Crippen molar-refractivity contribution >= 4 is 5.96 Å². The zero-order chi connectivity index (χ0) is 16.3. The molecule has 2 rings (SSSR count). The Kier molecular flexibility index (Phi) is 7.14. The summed E-state index contributed by atoms with van der Waals surface area (Å²) < 4.78 is 5.73. The van der Waals surface area contributed by atoms with Crippen LogP contribution in [0.15, 0.2) is 59.6 Å². The Morgan fingerprint density at radius 3 is 2.22 bits per heavy atom. The molecule has 0 bridgehead atoms. The first kappa shape index (κ1) is 17.0. The Hall–Kier alpha value is -2.33. The molecule has 0 fully saturated rings. The van der Waals surface area contributed by atoms with Crippen LogP contribution in [-0.2, 0) is 24.5 Å². The Morgan fingerprint density at radius 1 is 0.957 bits per heavy atom. The van der Waals surface area contributed by atoms with Gasteiger partial charge in [-0.3, -0.25) is 0 Å². The summed E-state index contributed by atoms with van der Waals surface area (Å²) in [4.78, 5) is 4.32. The van der Waals surface area contributed by atoms with Crippen molar-refractivity contribution in [1.29, 1.82) is 0 Å². The van der Waals surface area contributed by atoms with E-state index < -0.39 is 0 Å². The maximum absolute atomic E-state index is 5.78. The van der Waals surface area contributed by atoms with E-state index in [1.807, 2.05) is 18.2 Å². The van der Waals surface area contributed by atoms with Crippen molar-refractivity contribution in [2.75, 3.05) is 6.54 Å². The van der Waals surface area contributed by atoms with Gasteiger partial charge in [0.25, 0.3) is 0 Å². The van der Waals surface area contributed by atoms with E-state index in [1.54, 1.807) is 0 Å². The van der Waals surface area contributed by atoms with Gasteiger partial charge in [-0.2, -0.15) is 0 Å². The van der Waals surface area contributed by atoms with Gasteiger partial charge < -0.3 is 15.8 Å². The molecule has 0 aliphatic rings. The first-order valence-electron chi connectivity index (χ1n) is 8.01. The highest BCUT2D eigenvalue weighted by atomic mass is 16.5. The fraction of sp³-hybridized carbons (Fsp3) is 0.316. The quantitative estimate of drug-likeness (QED) is 0.581. The molecule has 4 heteroatoms. The van der Waals surface area contributed by atoms with E-state index in [2.05, 4.69) is 53.6 Å². The number of nitrogens with one attached hydrogen (secondary N) is 1. The average Bonchev–Trinajstić information content (AvgIpc) is 2.60. The van der Waals surface area contributed by atoms with Crippen LogP contribution in [0.3, 0.4) is 0 Å². The Bertz CT molecular complexity index is 594. The topological polar surface area (TPSA) is 59.6 Å². The van der Waals surface area contributed by atoms with Crippen molar-refractivity contribution in [1.82, 2.24) is 5.32 Å². The summed E-state index contributed by atoms with van der Waals surface area (Å²) in [5, 5.41) is 3.07. The van der Waals surface area contributed by atoms with Crippen LogP contribution in [0, 0.1) is 0 Å². The fourth-order valence-electron chi connectivity index (χ4n) is 2.09. The molecule has 0 heterocycles. The van der Waals surface area contributed by atoms with Gasteiger partial charge in [-0.15, -0.1) is 0 Å². The lowest BCUT2D eigenvalue weighted by Crippen LogP contribution is -2.32. The first-order valence-corrected chi connectivity index (χ1v) is 8.01. The second-order valence-corrected chi connectivity index (χ2v) is 5.42. The molecule has 2 aromatic rings. The smallest absolute Gasteiger partial charge is 0.188 e. The summed E-state index contributed by atoms with van der Waals surface area (Å²) in [7, 11) is 0. The van der Waals surface area contributed by atoms with Gasteiger partial charge >= 0.3 is 0 Å². The van der Waals surface area contributed by atoms with Gasteiger partial charge in [0, 0.05) is 6.54 Å². The lowest BCUT2D eigenvalue weighted by Gasteiger charge is -2.06. The second-order valence-electron chi connectivity index (χ2n) is 5.42. The normalized spacial score (nSPS) is 11.4. The molecule has 0 saturated carbocycles. The Labute approximate surface area is 138 Å². The van der Waals surface area contributed by atoms with Crippen molar-refractivity contribution in [3.8, 4) is 0 Å². The molecule has 23 heavy (non-hydrogen) atoms. The van der Waals surface area contributed by atoms with E-state index in [0.29, 0.717) is 25.7 Å². The van der Waals surface area contributed by atoms with Gasteiger partial charge in [0.2, 0.25) is 0 Å². The van der Waals surface area contributed by atoms with E-state index in [-0.39, 0.29) is 0 Å². The van der Waals surface area contributed by atoms with Crippen LogP contribution >= 0.6 is 0 Å². The third-order valence-electron chi connectivity index (χ3n) is 3.39. The van der Waals surface area contributed by atoms with E-state index >= 15 is 0 Å². The summed E-state index contributed by atoms with van der Waals surface area (Å²) in [6.45, 7) is 4.78. The molecule has 0 unspecified atom stereocenters. The van der Waals surface area contributed by atoms with Gasteiger partial charge in [-0.1, -0.05) is 61.5 Å². The highest BCUT2D eigenvalue weighted by molar-refractivity contribution is 5.77. The fourth-order valence-corrected chi connectivity index (χ4v) is 2.09. The van der Waals surface area contributed by atoms with Crippen LogP contribution in [0.1, 0.15) is 30.0 Å². The number of hydrogen-bond acceptors (Lipinski definition) is 2. The van der Waals surface area contributed by atoms with Crippen LogP contribution in [0.2, 0.25) is 0 Å². The van der Waals surface area contributed by atoms with Crippen molar-refractivity contribution in [3.63, 3.8) is 0 Å². The number of aliphatic imine (C=N–C) groups is 1. The zero-order valence-electron chi connectivity index (χ0n) is 13.7. The number of nitrogens with two attached hydrogens (primary N) is 1. The molecule has 0 amide bonds. The highest BCUT2D eigenvalue weighted by Gasteiger charge is 1.97. The average molecular weight is 311 g/mol. The van der Waals surface area contributed by atoms with E-state index in [1.165, 1.54) is 5.56 Å². The van der Waals surface area contributed by atoms with E-state index in [9.17, 15) is 0 Å². The van der Waals surface area contributed by atoms with E-state index in [4.69, 9.17) is 10.5 Å². The predicted molar refractivity (Wildman–Crippen MR) is 95.0 cm³/mol. The van der Waals surface area contributed by atoms with Crippen LogP contribution in [0.25, 0.3) is 0 Å². The molecule has 0 aliphatic heterocycles. The molecule has 0 atom stereocenters. The molecule has 0 aliphatic carbocycles. The standard InChI is InChI=1S/C19H25N3O/c1-2-12-21-19(20)22-13-16-8-10-18(11-9-16)15-23-14-17-6-4-3-5-7-17/h3-11H,2,12-15H2,1H3,(H3,20,21,22). The van der Waals surface area contributed by atoms with Crippen LogP contribution in [0.4, 0.5) is 0 Å². The summed E-state index contributed by atoms with van der Waals surface area (Å²) in [6.07, 6.45) is 1.04. The number of benzene rings is 2. The third kappa shape index (κ3) is 6.53. The van der Waals surface area contributed by atoms with Crippen LogP contribution in [0.5, 0.6) is 0 Å². The molecule has 0 spiro atoms. The summed E-state index contributed by atoms with van der Waals surface area (Å²) in [6, 6.07) is 18.5. The first-order chi connectivity index (χ1) is 11.3. The maximum Gasteiger partial charge on any atom is 0.188 e. The molecule has 0 radical (unpaired) electrons. The molecular formula is C19H25N3O. The van der Waals surface area contributed by atoms with Crippen LogP contribution < -0.4 is 11.1 Å². The second kappa shape index (κ2) is 9.64. The van der Waals surface area contributed by atoms with Gasteiger partial charge in [0.1, 0.15) is 0 Å². The molecule has 122 valence electrons. The van der Waals surface area contributed by atoms with Crippen molar-refractivity contribution in [2.45, 2.75) is 33.1 Å². The number of nitrogens with zero attached hydrogens (tertiary/aromatic N) is 1. The summed E-state index contributed by atoms with van der Waals surface area (Å²) in [5.41, 5.74) is 9.26. The molecule has 0 aromatic heterocycles. The number of guanidine groups is 1. The van der Waals surface area contributed by atoms with Gasteiger partial charge in [-0.05, 0) is 23.1 Å².